The summed E-state index contributed by atoms with van der Waals surface area (Å²) < 4.78 is 0. The van der Waals surface area contributed by atoms with E-state index in [2.05, 4.69) is 32.3 Å². The third kappa shape index (κ3) is 3.61. The van der Waals surface area contributed by atoms with E-state index in [1.807, 2.05) is 11.3 Å². The van der Waals surface area contributed by atoms with Crippen LogP contribution < -0.4 is 5.56 Å². The van der Waals surface area contributed by atoms with Crippen molar-refractivity contribution in [2.45, 2.75) is 38.8 Å². The minimum absolute atomic E-state index is 0.0609. The smallest absolute Gasteiger partial charge is 0.259 e. The third-order valence-corrected chi connectivity index (χ3v) is 7.72. The van der Waals surface area contributed by atoms with E-state index in [-0.39, 0.29) is 5.56 Å². The molecule has 1 aliphatic heterocycles. The highest BCUT2D eigenvalue weighted by atomic mass is 32.1. The molecule has 7 heteroatoms. The molecule has 1 N–H and O–H groups in total. The Morgan fingerprint density at radius 1 is 1.07 bits per heavy atom. The van der Waals surface area contributed by atoms with Crippen LogP contribution in [0.3, 0.4) is 0 Å². The zero-order chi connectivity index (χ0) is 18.2. The van der Waals surface area contributed by atoms with Gasteiger partial charge in [0, 0.05) is 42.5 Å². The van der Waals surface area contributed by atoms with Gasteiger partial charge < -0.3 is 4.98 Å². The molecule has 0 atom stereocenters. The van der Waals surface area contributed by atoms with Crippen LogP contribution in [0, 0.1) is 0 Å². The predicted octanol–water partition coefficient (Wildman–Crippen LogP) is 3.24. The van der Waals surface area contributed by atoms with Crippen molar-refractivity contribution in [3.05, 3.63) is 49.0 Å². The predicted molar refractivity (Wildman–Crippen MR) is 112 cm³/mol. The van der Waals surface area contributed by atoms with Gasteiger partial charge in [-0.15, -0.1) is 22.7 Å². The zero-order valence-electron chi connectivity index (χ0n) is 15.4. The van der Waals surface area contributed by atoms with E-state index >= 15 is 0 Å². The molecule has 0 amide bonds. The van der Waals surface area contributed by atoms with Gasteiger partial charge in [0.25, 0.3) is 5.56 Å². The Kier molecular flexibility index (Phi) is 4.85. The Morgan fingerprint density at radius 2 is 1.85 bits per heavy atom. The molecule has 0 bridgehead atoms. The molecular weight excluding hydrogens is 376 g/mol. The number of rotatable bonds is 4. The Labute approximate surface area is 166 Å². The maximum Gasteiger partial charge on any atom is 0.259 e. The molecule has 0 aromatic carbocycles. The van der Waals surface area contributed by atoms with Crippen LogP contribution in [0.15, 0.2) is 22.3 Å². The molecular formula is C20H24N4OS2. The van der Waals surface area contributed by atoms with Gasteiger partial charge in [0.15, 0.2) is 0 Å². The highest BCUT2D eigenvalue weighted by molar-refractivity contribution is 7.18. The molecule has 5 rings (SSSR count). The van der Waals surface area contributed by atoms with Crippen molar-refractivity contribution in [2.24, 2.45) is 0 Å². The van der Waals surface area contributed by atoms with Crippen molar-refractivity contribution in [3.8, 4) is 0 Å². The molecule has 0 spiro atoms. The Morgan fingerprint density at radius 3 is 2.63 bits per heavy atom. The van der Waals surface area contributed by atoms with Crippen LogP contribution in [0.5, 0.6) is 0 Å². The first-order valence-corrected chi connectivity index (χ1v) is 11.5. The fraction of sp³-hybridized carbons (Fsp3) is 0.500. The topological polar surface area (TPSA) is 52.2 Å². The average molecular weight is 401 g/mol. The number of H-pyrrole nitrogens is 1. The van der Waals surface area contributed by atoms with Crippen LogP contribution in [0.2, 0.25) is 0 Å². The molecule has 27 heavy (non-hydrogen) atoms. The number of fused-ring (bicyclic) bond motifs is 3. The monoisotopic (exact) mass is 400 g/mol. The van der Waals surface area contributed by atoms with Gasteiger partial charge in [-0.3, -0.25) is 14.6 Å². The summed E-state index contributed by atoms with van der Waals surface area (Å²) in [6.07, 6.45) is 4.57. The van der Waals surface area contributed by atoms with Gasteiger partial charge in [-0.1, -0.05) is 6.07 Å². The summed E-state index contributed by atoms with van der Waals surface area (Å²) in [6.45, 7) is 5.96. The lowest BCUT2D eigenvalue weighted by Gasteiger charge is -2.34. The maximum absolute atomic E-state index is 12.7. The Balaban J connectivity index is 1.27. The average Bonchev–Trinajstić information content (AvgIpc) is 3.30. The SMILES string of the molecule is O=c1[nH]c(CN2CCN(Cc3cccs3)CC2)nc2sc3c(c12)CCCC3. The molecule has 5 nitrogen and oxygen atoms in total. The summed E-state index contributed by atoms with van der Waals surface area (Å²) in [6, 6.07) is 4.33. The number of nitrogens with one attached hydrogen (secondary N) is 1. The minimum Gasteiger partial charge on any atom is -0.309 e. The highest BCUT2D eigenvalue weighted by Crippen LogP contribution is 2.33. The molecule has 0 saturated carbocycles. The van der Waals surface area contributed by atoms with Crippen LogP contribution in [0.1, 0.15) is 34.0 Å². The summed E-state index contributed by atoms with van der Waals surface area (Å²) in [7, 11) is 0. The lowest BCUT2D eigenvalue weighted by Crippen LogP contribution is -2.45. The van der Waals surface area contributed by atoms with Gasteiger partial charge >= 0.3 is 0 Å². The summed E-state index contributed by atoms with van der Waals surface area (Å²) in [5.41, 5.74) is 1.33. The molecule has 0 radical (unpaired) electrons. The maximum atomic E-state index is 12.7. The van der Waals surface area contributed by atoms with Crippen LogP contribution in [0.4, 0.5) is 0 Å². The zero-order valence-corrected chi connectivity index (χ0v) is 17.0. The lowest BCUT2D eigenvalue weighted by atomic mass is 9.97. The first-order chi connectivity index (χ1) is 13.3. The minimum atomic E-state index is 0.0609. The number of hydrogen-bond donors (Lipinski definition) is 1. The molecule has 1 saturated heterocycles. The second-order valence-corrected chi connectivity index (χ2v) is 9.65. The standard InChI is InChI=1S/C20H24N4OS2/c25-19-18-15-5-1-2-6-16(15)27-20(18)22-17(21-19)13-24-9-7-23(8-10-24)12-14-4-3-11-26-14/h3-4,11H,1-2,5-10,12-13H2,(H,21,22,25). The van der Waals surface area contributed by atoms with Crippen LogP contribution in [-0.4, -0.2) is 45.9 Å². The number of aromatic amines is 1. The number of aromatic nitrogens is 2. The summed E-state index contributed by atoms with van der Waals surface area (Å²) in [5.74, 6) is 0.817. The van der Waals surface area contributed by atoms with Gasteiger partial charge in [-0.25, -0.2) is 4.98 Å². The fourth-order valence-corrected chi connectivity index (χ4v) is 6.25. The van der Waals surface area contributed by atoms with E-state index in [1.54, 1.807) is 11.3 Å². The fourth-order valence-electron chi connectivity index (χ4n) is 4.22. The summed E-state index contributed by atoms with van der Waals surface area (Å²) in [4.78, 5) is 29.3. The summed E-state index contributed by atoms with van der Waals surface area (Å²) in [5, 5.41) is 3.01. The van der Waals surface area contributed by atoms with E-state index in [4.69, 9.17) is 4.98 Å². The molecule has 3 aromatic rings. The van der Waals surface area contributed by atoms with Crippen molar-refractivity contribution in [1.82, 2.24) is 19.8 Å². The van der Waals surface area contributed by atoms with Crippen LogP contribution in [-0.2, 0) is 25.9 Å². The molecule has 3 aromatic heterocycles. The third-order valence-electron chi connectivity index (χ3n) is 5.67. The second kappa shape index (κ2) is 7.47. The van der Waals surface area contributed by atoms with Crippen molar-refractivity contribution in [3.63, 3.8) is 0 Å². The normalized spacial score (nSPS) is 18.8. The van der Waals surface area contributed by atoms with Gasteiger partial charge in [-0.05, 0) is 42.7 Å². The van der Waals surface area contributed by atoms with E-state index in [0.717, 1.165) is 68.2 Å². The molecule has 0 unspecified atom stereocenters. The molecule has 1 fully saturated rings. The number of nitrogens with zero attached hydrogens (tertiary/aromatic N) is 3. The molecule has 142 valence electrons. The second-order valence-electron chi connectivity index (χ2n) is 7.54. The number of piperazine rings is 1. The van der Waals surface area contributed by atoms with E-state index in [0.29, 0.717) is 0 Å². The molecule has 4 heterocycles. The number of thiophene rings is 2. The van der Waals surface area contributed by atoms with Crippen molar-refractivity contribution in [1.29, 1.82) is 0 Å². The first kappa shape index (κ1) is 17.6. The van der Waals surface area contributed by atoms with Crippen molar-refractivity contribution >= 4 is 32.9 Å². The van der Waals surface area contributed by atoms with E-state index in [1.165, 1.54) is 28.2 Å². The van der Waals surface area contributed by atoms with E-state index < -0.39 is 0 Å². The van der Waals surface area contributed by atoms with Crippen LogP contribution in [0.25, 0.3) is 10.2 Å². The molecule has 1 aliphatic carbocycles. The van der Waals surface area contributed by atoms with Crippen LogP contribution >= 0.6 is 22.7 Å². The van der Waals surface area contributed by atoms with E-state index in [9.17, 15) is 4.79 Å². The van der Waals surface area contributed by atoms with Gasteiger partial charge in [0.05, 0.1) is 11.9 Å². The summed E-state index contributed by atoms with van der Waals surface area (Å²) >= 11 is 3.57. The quantitative estimate of drug-likeness (QED) is 0.730. The van der Waals surface area contributed by atoms with Gasteiger partial charge in [0.2, 0.25) is 0 Å². The lowest BCUT2D eigenvalue weighted by molar-refractivity contribution is 0.120. The first-order valence-electron chi connectivity index (χ1n) is 9.77. The Bertz CT molecular complexity index is 983. The van der Waals surface area contributed by atoms with Gasteiger partial charge in [0.1, 0.15) is 10.7 Å². The number of hydrogen-bond acceptors (Lipinski definition) is 6. The Hall–Kier alpha value is -1.54. The number of aryl methyl sites for hydroxylation is 2. The molecule has 2 aliphatic rings. The van der Waals surface area contributed by atoms with Gasteiger partial charge in [-0.2, -0.15) is 0 Å². The largest absolute Gasteiger partial charge is 0.309 e. The van der Waals surface area contributed by atoms with Crippen molar-refractivity contribution < 1.29 is 0 Å². The van der Waals surface area contributed by atoms with Crippen molar-refractivity contribution in [2.75, 3.05) is 26.2 Å². The highest BCUT2D eigenvalue weighted by Gasteiger charge is 2.22.